The van der Waals surface area contributed by atoms with Gasteiger partial charge in [0.05, 0.1) is 6.61 Å². The van der Waals surface area contributed by atoms with E-state index in [0.29, 0.717) is 5.02 Å². The van der Waals surface area contributed by atoms with E-state index < -0.39 is 0 Å². The first kappa shape index (κ1) is 10.5. The molecule has 0 aliphatic heterocycles. The van der Waals surface area contributed by atoms with Gasteiger partial charge in [-0.2, -0.15) is 0 Å². The Hall–Kier alpha value is -0.990. The number of aromatic amines is 1. The Morgan fingerprint density at radius 1 is 1.40 bits per heavy atom. The van der Waals surface area contributed by atoms with Gasteiger partial charge in [0, 0.05) is 27.5 Å². The van der Waals surface area contributed by atoms with E-state index >= 15 is 0 Å². The zero-order chi connectivity index (χ0) is 11.1. The average molecular weight is 224 g/mol. The third kappa shape index (κ3) is 1.75. The van der Waals surface area contributed by atoms with E-state index in [1.165, 1.54) is 0 Å². The van der Waals surface area contributed by atoms with Crippen LogP contribution in [0, 0.1) is 0 Å². The van der Waals surface area contributed by atoms with Gasteiger partial charge in [0.25, 0.3) is 0 Å². The highest BCUT2D eigenvalue weighted by Gasteiger charge is 2.22. The lowest BCUT2D eigenvalue weighted by Crippen LogP contribution is -2.22. The molecule has 0 unspecified atom stereocenters. The molecule has 0 fully saturated rings. The Kier molecular flexibility index (Phi) is 2.49. The quantitative estimate of drug-likeness (QED) is 0.807. The van der Waals surface area contributed by atoms with Gasteiger partial charge in [-0.3, -0.25) is 0 Å². The molecule has 0 aliphatic carbocycles. The van der Waals surface area contributed by atoms with Crippen molar-refractivity contribution in [3.63, 3.8) is 0 Å². The molecule has 0 saturated carbocycles. The average Bonchev–Trinajstić information content (AvgIpc) is 2.63. The van der Waals surface area contributed by atoms with E-state index in [9.17, 15) is 5.11 Å². The number of hydrogen-bond acceptors (Lipinski definition) is 1. The Balaban J connectivity index is 2.65. The summed E-state index contributed by atoms with van der Waals surface area (Å²) < 4.78 is 0. The first-order valence-electron chi connectivity index (χ1n) is 4.92. The van der Waals surface area contributed by atoms with Crippen LogP contribution in [0.1, 0.15) is 19.4 Å². The molecule has 1 aromatic heterocycles. The van der Waals surface area contributed by atoms with Crippen molar-refractivity contribution in [1.29, 1.82) is 0 Å². The van der Waals surface area contributed by atoms with Crippen molar-refractivity contribution in [2.24, 2.45) is 0 Å². The standard InChI is InChI=1S/C12H14ClNO/c1-12(2,7-15)9-6-11-8(3-4-14-11)5-10(9)13/h3-6,14-15H,7H2,1-2H3. The van der Waals surface area contributed by atoms with Gasteiger partial charge in [0.15, 0.2) is 0 Å². The molecule has 2 rings (SSSR count). The molecule has 1 heterocycles. The van der Waals surface area contributed by atoms with Crippen molar-refractivity contribution in [1.82, 2.24) is 4.98 Å². The molecule has 2 aromatic rings. The van der Waals surface area contributed by atoms with Gasteiger partial charge in [-0.05, 0) is 23.8 Å². The highest BCUT2D eigenvalue weighted by molar-refractivity contribution is 6.32. The summed E-state index contributed by atoms with van der Waals surface area (Å²) in [5.74, 6) is 0. The fourth-order valence-corrected chi connectivity index (χ4v) is 2.10. The normalized spacial score (nSPS) is 12.3. The molecule has 0 radical (unpaired) electrons. The largest absolute Gasteiger partial charge is 0.395 e. The third-order valence-corrected chi connectivity index (χ3v) is 3.08. The number of aliphatic hydroxyl groups excluding tert-OH is 1. The van der Waals surface area contributed by atoms with Crippen LogP contribution >= 0.6 is 11.6 Å². The minimum Gasteiger partial charge on any atom is -0.395 e. The lowest BCUT2D eigenvalue weighted by molar-refractivity contribution is 0.218. The second-order valence-corrected chi connectivity index (χ2v) is 4.85. The van der Waals surface area contributed by atoms with Gasteiger partial charge in [-0.1, -0.05) is 25.4 Å². The second-order valence-electron chi connectivity index (χ2n) is 4.44. The summed E-state index contributed by atoms with van der Waals surface area (Å²) in [6.45, 7) is 4.03. The number of aromatic nitrogens is 1. The van der Waals surface area contributed by atoms with Crippen molar-refractivity contribution in [2.75, 3.05) is 6.61 Å². The first-order valence-corrected chi connectivity index (χ1v) is 5.30. The van der Waals surface area contributed by atoms with Crippen LogP contribution in [-0.4, -0.2) is 16.7 Å². The Morgan fingerprint density at radius 3 is 2.80 bits per heavy atom. The molecule has 0 spiro atoms. The van der Waals surface area contributed by atoms with E-state index in [-0.39, 0.29) is 12.0 Å². The number of benzene rings is 1. The van der Waals surface area contributed by atoms with Crippen molar-refractivity contribution in [2.45, 2.75) is 19.3 Å². The highest BCUT2D eigenvalue weighted by atomic mass is 35.5. The monoisotopic (exact) mass is 223 g/mol. The number of nitrogens with one attached hydrogen (secondary N) is 1. The van der Waals surface area contributed by atoms with Gasteiger partial charge < -0.3 is 10.1 Å². The number of halogens is 1. The molecule has 2 N–H and O–H groups in total. The number of hydrogen-bond donors (Lipinski definition) is 2. The van der Waals surface area contributed by atoms with Crippen LogP contribution in [0.25, 0.3) is 10.9 Å². The Morgan fingerprint density at radius 2 is 2.13 bits per heavy atom. The summed E-state index contributed by atoms with van der Waals surface area (Å²) in [7, 11) is 0. The molecule has 0 atom stereocenters. The summed E-state index contributed by atoms with van der Waals surface area (Å²) in [5, 5.41) is 11.1. The lowest BCUT2D eigenvalue weighted by atomic mass is 9.85. The molecule has 0 aliphatic rings. The Labute approximate surface area is 93.9 Å². The second kappa shape index (κ2) is 3.54. The van der Waals surface area contributed by atoms with Crippen LogP contribution in [0.4, 0.5) is 0 Å². The van der Waals surface area contributed by atoms with E-state index in [4.69, 9.17) is 11.6 Å². The highest BCUT2D eigenvalue weighted by Crippen LogP contribution is 2.32. The number of fused-ring (bicyclic) bond motifs is 1. The minimum atomic E-state index is -0.309. The molecule has 15 heavy (non-hydrogen) atoms. The lowest BCUT2D eigenvalue weighted by Gasteiger charge is -2.23. The molecular formula is C12H14ClNO. The summed E-state index contributed by atoms with van der Waals surface area (Å²) >= 11 is 6.20. The predicted octanol–water partition coefficient (Wildman–Crippen LogP) is 3.09. The summed E-state index contributed by atoms with van der Waals surface area (Å²) in [6.07, 6.45) is 1.89. The predicted molar refractivity (Wildman–Crippen MR) is 63.4 cm³/mol. The summed E-state index contributed by atoms with van der Waals surface area (Å²) in [5.41, 5.74) is 1.72. The van der Waals surface area contributed by atoms with E-state index in [2.05, 4.69) is 4.98 Å². The molecule has 0 bridgehead atoms. The topological polar surface area (TPSA) is 36.0 Å². The maximum absolute atomic E-state index is 9.33. The van der Waals surface area contributed by atoms with Crippen LogP contribution in [0.15, 0.2) is 24.4 Å². The van der Waals surface area contributed by atoms with Gasteiger partial charge in [0.2, 0.25) is 0 Å². The van der Waals surface area contributed by atoms with Crippen molar-refractivity contribution in [3.05, 3.63) is 35.0 Å². The van der Waals surface area contributed by atoms with Crippen LogP contribution in [0.5, 0.6) is 0 Å². The summed E-state index contributed by atoms with van der Waals surface area (Å²) in [6, 6.07) is 5.92. The van der Waals surface area contributed by atoms with Gasteiger partial charge in [-0.15, -0.1) is 0 Å². The first-order chi connectivity index (χ1) is 7.04. The van der Waals surface area contributed by atoms with E-state index in [1.54, 1.807) is 0 Å². The number of H-pyrrole nitrogens is 1. The van der Waals surface area contributed by atoms with Crippen molar-refractivity contribution in [3.8, 4) is 0 Å². The Bertz CT molecular complexity index is 487. The van der Waals surface area contributed by atoms with Crippen molar-refractivity contribution >= 4 is 22.5 Å². The molecule has 2 nitrogen and oxygen atoms in total. The molecule has 1 aromatic carbocycles. The number of rotatable bonds is 2. The van der Waals surface area contributed by atoms with E-state index in [0.717, 1.165) is 16.5 Å². The SMILES string of the molecule is CC(C)(CO)c1cc2[nH]ccc2cc1Cl. The maximum atomic E-state index is 9.33. The van der Waals surface area contributed by atoms with E-state index in [1.807, 2.05) is 38.2 Å². The minimum absolute atomic E-state index is 0.0823. The smallest absolute Gasteiger partial charge is 0.0523 e. The van der Waals surface area contributed by atoms with Crippen LogP contribution in [-0.2, 0) is 5.41 Å². The zero-order valence-electron chi connectivity index (χ0n) is 8.84. The zero-order valence-corrected chi connectivity index (χ0v) is 9.60. The van der Waals surface area contributed by atoms with Gasteiger partial charge in [-0.25, -0.2) is 0 Å². The molecule has 3 heteroatoms. The van der Waals surface area contributed by atoms with Crippen LogP contribution < -0.4 is 0 Å². The molecule has 80 valence electrons. The fourth-order valence-electron chi connectivity index (χ4n) is 1.68. The molecule has 0 amide bonds. The third-order valence-electron chi connectivity index (χ3n) is 2.77. The van der Waals surface area contributed by atoms with Crippen LogP contribution in [0.2, 0.25) is 5.02 Å². The fraction of sp³-hybridized carbons (Fsp3) is 0.333. The van der Waals surface area contributed by atoms with Gasteiger partial charge in [0.1, 0.15) is 0 Å². The molecular weight excluding hydrogens is 210 g/mol. The maximum Gasteiger partial charge on any atom is 0.0523 e. The summed E-state index contributed by atoms with van der Waals surface area (Å²) in [4.78, 5) is 3.14. The van der Waals surface area contributed by atoms with Crippen molar-refractivity contribution < 1.29 is 5.11 Å². The molecule has 0 saturated heterocycles. The van der Waals surface area contributed by atoms with Crippen LogP contribution in [0.3, 0.4) is 0 Å². The number of aliphatic hydroxyl groups is 1. The van der Waals surface area contributed by atoms with Gasteiger partial charge >= 0.3 is 0 Å².